The number of rotatable bonds is 13. The molecule has 0 atom stereocenters. The number of nitrogens with zero attached hydrogens (tertiary/aromatic N) is 2. The maximum atomic E-state index is 6.16. The lowest BCUT2D eigenvalue weighted by Crippen LogP contribution is -2.20. The fourth-order valence-electron chi connectivity index (χ4n) is 6.50. The van der Waals surface area contributed by atoms with Gasteiger partial charge in [-0.15, -0.1) is 0 Å². The smallest absolute Gasteiger partial charge is 0.159 e. The first-order chi connectivity index (χ1) is 17.7. The van der Waals surface area contributed by atoms with Crippen LogP contribution in [0, 0.1) is 23.7 Å². The highest BCUT2D eigenvalue weighted by Gasteiger charge is 2.22. The second-order valence-electron chi connectivity index (χ2n) is 11.8. The van der Waals surface area contributed by atoms with Crippen LogP contribution in [-0.2, 0) is 6.42 Å². The Labute approximate surface area is 220 Å². The van der Waals surface area contributed by atoms with Gasteiger partial charge in [0.1, 0.15) is 5.75 Å². The van der Waals surface area contributed by atoms with E-state index in [0.717, 1.165) is 47.9 Å². The highest BCUT2D eigenvalue weighted by Crippen LogP contribution is 2.34. The third kappa shape index (κ3) is 8.60. The summed E-state index contributed by atoms with van der Waals surface area (Å²) in [6, 6.07) is 8.36. The molecule has 0 unspecified atom stereocenters. The molecule has 0 bridgehead atoms. The fourth-order valence-corrected chi connectivity index (χ4v) is 6.50. The lowest BCUT2D eigenvalue weighted by atomic mass is 9.78. The third-order valence-corrected chi connectivity index (χ3v) is 8.99. The van der Waals surface area contributed by atoms with Crippen molar-refractivity contribution in [3.8, 4) is 17.1 Å². The Morgan fingerprint density at radius 1 is 0.667 bits per heavy atom. The standard InChI is InChI=1S/C33H50N2O/c1-3-5-6-8-27-13-16-29(17-14-27)25-36-32-21-19-31(20-22-32)33-34-23-30(24-35-33)18-15-28-11-9-26(7-4-2)10-12-28/h19-24,26-29H,3-18,25H2,1-2H3. The SMILES string of the molecule is CCCCCC1CCC(COc2ccc(-c3ncc(CCC4CCC(CCC)CC4)cn3)cc2)CC1. The average Bonchev–Trinajstić information content (AvgIpc) is 2.93. The molecular weight excluding hydrogens is 440 g/mol. The molecule has 3 heteroatoms. The van der Waals surface area contributed by atoms with Crippen LogP contribution in [0.4, 0.5) is 0 Å². The van der Waals surface area contributed by atoms with Crippen molar-refractivity contribution in [2.45, 2.75) is 117 Å². The predicted molar refractivity (Wildman–Crippen MR) is 151 cm³/mol. The Bertz CT molecular complexity index is 846. The molecule has 0 saturated heterocycles. The zero-order chi connectivity index (χ0) is 25.0. The summed E-state index contributed by atoms with van der Waals surface area (Å²) in [4.78, 5) is 9.36. The van der Waals surface area contributed by atoms with Crippen molar-refractivity contribution in [3.05, 3.63) is 42.2 Å². The van der Waals surface area contributed by atoms with E-state index >= 15 is 0 Å². The lowest BCUT2D eigenvalue weighted by molar-refractivity contribution is 0.177. The number of unbranched alkanes of at least 4 members (excludes halogenated alkanes) is 2. The summed E-state index contributed by atoms with van der Waals surface area (Å²) in [5, 5.41) is 0. The monoisotopic (exact) mass is 490 g/mol. The van der Waals surface area contributed by atoms with E-state index in [1.807, 2.05) is 12.4 Å². The van der Waals surface area contributed by atoms with E-state index in [1.54, 1.807) is 0 Å². The molecule has 4 rings (SSSR count). The van der Waals surface area contributed by atoms with Gasteiger partial charge in [-0.05, 0) is 79.2 Å². The van der Waals surface area contributed by atoms with Gasteiger partial charge in [-0.3, -0.25) is 0 Å². The molecule has 2 fully saturated rings. The van der Waals surface area contributed by atoms with Crippen LogP contribution in [-0.4, -0.2) is 16.6 Å². The maximum Gasteiger partial charge on any atom is 0.159 e. The van der Waals surface area contributed by atoms with E-state index in [9.17, 15) is 0 Å². The molecule has 2 saturated carbocycles. The molecule has 0 N–H and O–H groups in total. The van der Waals surface area contributed by atoms with Crippen molar-refractivity contribution >= 4 is 0 Å². The first-order valence-electron chi connectivity index (χ1n) is 15.3. The number of hydrogen-bond acceptors (Lipinski definition) is 3. The van der Waals surface area contributed by atoms with Crippen molar-refractivity contribution in [2.75, 3.05) is 6.61 Å². The van der Waals surface area contributed by atoms with Crippen LogP contribution in [0.3, 0.4) is 0 Å². The molecule has 1 aromatic heterocycles. The minimum Gasteiger partial charge on any atom is -0.493 e. The summed E-state index contributed by atoms with van der Waals surface area (Å²) in [5.74, 6) is 5.34. The quantitative estimate of drug-likeness (QED) is 0.262. The number of aryl methyl sites for hydroxylation is 1. The van der Waals surface area contributed by atoms with Gasteiger partial charge in [-0.2, -0.15) is 0 Å². The first-order valence-corrected chi connectivity index (χ1v) is 15.3. The van der Waals surface area contributed by atoms with E-state index in [-0.39, 0.29) is 0 Å². The Morgan fingerprint density at radius 2 is 1.25 bits per heavy atom. The molecule has 0 radical (unpaired) electrons. The van der Waals surface area contributed by atoms with E-state index in [2.05, 4.69) is 48.1 Å². The molecule has 36 heavy (non-hydrogen) atoms. The van der Waals surface area contributed by atoms with Crippen LogP contribution in [0.2, 0.25) is 0 Å². The highest BCUT2D eigenvalue weighted by molar-refractivity contribution is 5.55. The Morgan fingerprint density at radius 3 is 1.86 bits per heavy atom. The van der Waals surface area contributed by atoms with Crippen LogP contribution in [0.15, 0.2) is 36.7 Å². The molecule has 2 aliphatic rings. The van der Waals surface area contributed by atoms with Crippen LogP contribution < -0.4 is 4.74 Å². The molecule has 2 aromatic rings. The lowest BCUT2D eigenvalue weighted by Gasteiger charge is -2.28. The zero-order valence-corrected chi connectivity index (χ0v) is 23.1. The van der Waals surface area contributed by atoms with Crippen molar-refractivity contribution in [1.82, 2.24) is 9.97 Å². The molecule has 198 valence electrons. The van der Waals surface area contributed by atoms with Gasteiger partial charge in [-0.1, -0.05) is 90.9 Å². The van der Waals surface area contributed by atoms with Gasteiger partial charge in [0.05, 0.1) is 6.61 Å². The van der Waals surface area contributed by atoms with Gasteiger partial charge < -0.3 is 4.74 Å². The van der Waals surface area contributed by atoms with Crippen LogP contribution in [0.5, 0.6) is 5.75 Å². The van der Waals surface area contributed by atoms with Crippen molar-refractivity contribution in [2.24, 2.45) is 23.7 Å². The molecule has 2 aliphatic carbocycles. The third-order valence-electron chi connectivity index (χ3n) is 8.99. The van der Waals surface area contributed by atoms with Gasteiger partial charge in [0.15, 0.2) is 5.82 Å². The van der Waals surface area contributed by atoms with Gasteiger partial charge in [0, 0.05) is 18.0 Å². The summed E-state index contributed by atoms with van der Waals surface area (Å²) in [5.41, 5.74) is 2.34. The summed E-state index contributed by atoms with van der Waals surface area (Å²) in [6.07, 6.45) is 26.0. The second kappa shape index (κ2) is 14.7. The van der Waals surface area contributed by atoms with Crippen molar-refractivity contribution < 1.29 is 4.74 Å². The summed E-state index contributed by atoms with van der Waals surface area (Å²) in [7, 11) is 0. The molecule has 3 nitrogen and oxygen atoms in total. The second-order valence-corrected chi connectivity index (χ2v) is 11.8. The first kappa shape index (κ1) is 27.1. The number of hydrogen-bond donors (Lipinski definition) is 0. The van der Waals surface area contributed by atoms with Crippen molar-refractivity contribution in [1.29, 1.82) is 0 Å². The predicted octanol–water partition coefficient (Wildman–Crippen LogP) is 9.45. The number of aromatic nitrogens is 2. The van der Waals surface area contributed by atoms with Gasteiger partial charge in [0.2, 0.25) is 0 Å². The van der Waals surface area contributed by atoms with E-state index in [4.69, 9.17) is 4.74 Å². The van der Waals surface area contributed by atoms with Crippen LogP contribution in [0.1, 0.15) is 116 Å². The summed E-state index contributed by atoms with van der Waals surface area (Å²) in [6.45, 7) is 5.47. The molecule has 0 amide bonds. The Hall–Kier alpha value is -1.90. The minimum absolute atomic E-state index is 0.717. The largest absolute Gasteiger partial charge is 0.493 e. The normalized spacial score (nSPS) is 24.5. The maximum absolute atomic E-state index is 6.16. The average molecular weight is 491 g/mol. The number of benzene rings is 1. The molecule has 1 aromatic carbocycles. The Balaban J connectivity index is 1.16. The van der Waals surface area contributed by atoms with E-state index < -0.39 is 0 Å². The molecule has 0 spiro atoms. The van der Waals surface area contributed by atoms with Crippen LogP contribution >= 0.6 is 0 Å². The topological polar surface area (TPSA) is 35.0 Å². The van der Waals surface area contributed by atoms with Gasteiger partial charge in [0.25, 0.3) is 0 Å². The minimum atomic E-state index is 0.717. The van der Waals surface area contributed by atoms with Gasteiger partial charge >= 0.3 is 0 Å². The van der Waals surface area contributed by atoms with Gasteiger partial charge in [-0.25, -0.2) is 9.97 Å². The molecule has 1 heterocycles. The summed E-state index contributed by atoms with van der Waals surface area (Å²) < 4.78 is 6.16. The Kier molecular flexibility index (Phi) is 11.1. The molecule has 0 aliphatic heterocycles. The van der Waals surface area contributed by atoms with E-state index in [1.165, 1.54) is 102 Å². The van der Waals surface area contributed by atoms with Crippen molar-refractivity contribution in [3.63, 3.8) is 0 Å². The van der Waals surface area contributed by atoms with Crippen LogP contribution in [0.25, 0.3) is 11.4 Å². The summed E-state index contributed by atoms with van der Waals surface area (Å²) >= 11 is 0. The van der Waals surface area contributed by atoms with E-state index in [0.29, 0.717) is 5.92 Å². The fraction of sp³-hybridized carbons (Fsp3) is 0.697. The molecular formula is C33H50N2O. The number of ether oxygens (including phenoxy) is 1. The highest BCUT2D eigenvalue weighted by atomic mass is 16.5. The zero-order valence-electron chi connectivity index (χ0n) is 23.1.